The van der Waals surface area contributed by atoms with Crippen molar-refractivity contribution in [1.29, 1.82) is 0 Å². The highest BCUT2D eigenvalue weighted by Gasteiger charge is 2.24. The predicted molar refractivity (Wildman–Crippen MR) is 120 cm³/mol. The normalized spacial score (nSPS) is 12.6. The van der Waals surface area contributed by atoms with Crippen LogP contribution in [-0.4, -0.2) is 4.40 Å². The molecule has 0 saturated carbocycles. The summed E-state index contributed by atoms with van der Waals surface area (Å²) in [5.41, 5.74) is 6.58. The zero-order valence-electron chi connectivity index (χ0n) is 15.7. The molecule has 0 aliphatic carbocycles. The van der Waals surface area contributed by atoms with Gasteiger partial charge in [-0.3, -0.25) is 0 Å². The smallest absolute Gasteiger partial charge is 0.238 e. The lowest BCUT2D eigenvalue weighted by atomic mass is 9.96. The number of fused-ring (bicyclic) bond motifs is 7. The maximum absolute atomic E-state index is 2.49. The molecule has 3 aromatic carbocycles. The Balaban J connectivity index is 2.02. The van der Waals surface area contributed by atoms with E-state index < -0.39 is 0 Å². The van der Waals surface area contributed by atoms with Gasteiger partial charge in [-0.1, -0.05) is 30.3 Å². The molecule has 0 atom stereocenters. The molecule has 0 N–H and O–H groups in total. The van der Waals surface area contributed by atoms with Gasteiger partial charge in [-0.05, 0) is 41.5 Å². The van der Waals surface area contributed by atoms with Crippen LogP contribution in [0.15, 0.2) is 66.2 Å². The van der Waals surface area contributed by atoms with Gasteiger partial charge in [-0.15, -0.1) is 11.3 Å². The Hall–Kier alpha value is -3.17. The molecule has 4 aromatic heterocycles. The van der Waals surface area contributed by atoms with Crippen LogP contribution in [0.1, 0.15) is 5.56 Å². The fraction of sp³-hybridized carbons (Fsp3) is 0.0800. The molecule has 3 heteroatoms. The van der Waals surface area contributed by atoms with Gasteiger partial charge in [-0.25, -0.2) is 0 Å². The maximum Gasteiger partial charge on any atom is 0.238 e. The van der Waals surface area contributed by atoms with Crippen LogP contribution in [0.5, 0.6) is 0 Å². The Bertz CT molecular complexity index is 1720. The first-order chi connectivity index (χ1) is 13.7. The molecule has 0 aliphatic heterocycles. The van der Waals surface area contributed by atoms with Crippen molar-refractivity contribution in [1.82, 2.24) is 4.40 Å². The number of pyridine rings is 2. The Kier molecular flexibility index (Phi) is 2.55. The van der Waals surface area contributed by atoms with Crippen LogP contribution >= 0.6 is 11.3 Å². The first kappa shape index (κ1) is 14.8. The molecule has 0 radical (unpaired) electrons. The van der Waals surface area contributed by atoms with Gasteiger partial charge in [0.15, 0.2) is 6.20 Å². The summed E-state index contributed by atoms with van der Waals surface area (Å²) >= 11 is 1.83. The number of benzene rings is 3. The van der Waals surface area contributed by atoms with E-state index in [1.54, 1.807) is 0 Å². The summed E-state index contributed by atoms with van der Waals surface area (Å²) in [5.74, 6) is 0. The Morgan fingerprint density at radius 1 is 0.821 bits per heavy atom. The van der Waals surface area contributed by atoms with Gasteiger partial charge in [0, 0.05) is 32.3 Å². The van der Waals surface area contributed by atoms with Crippen LogP contribution in [-0.2, 0) is 7.05 Å². The van der Waals surface area contributed by atoms with Crippen molar-refractivity contribution < 1.29 is 4.57 Å². The molecule has 0 amide bonds. The predicted octanol–water partition coefficient (Wildman–Crippen LogP) is 6.34. The summed E-state index contributed by atoms with van der Waals surface area (Å²) in [4.78, 5) is 0. The lowest BCUT2D eigenvalue weighted by Crippen LogP contribution is -2.28. The van der Waals surface area contributed by atoms with E-state index in [9.17, 15) is 0 Å². The fourth-order valence-electron chi connectivity index (χ4n) is 5.17. The van der Waals surface area contributed by atoms with Crippen molar-refractivity contribution in [2.75, 3.05) is 0 Å². The molecule has 4 heterocycles. The largest absolute Gasteiger partial charge is 0.303 e. The van der Waals surface area contributed by atoms with Crippen molar-refractivity contribution in [3.05, 3.63) is 71.7 Å². The number of hydrogen-bond acceptors (Lipinski definition) is 1. The van der Waals surface area contributed by atoms with E-state index in [-0.39, 0.29) is 0 Å². The van der Waals surface area contributed by atoms with Crippen molar-refractivity contribution in [3.63, 3.8) is 0 Å². The third-order valence-electron chi connectivity index (χ3n) is 6.36. The summed E-state index contributed by atoms with van der Waals surface area (Å²) in [6.07, 6.45) is 2.21. The van der Waals surface area contributed by atoms with Gasteiger partial charge in [0.05, 0.1) is 16.4 Å². The van der Waals surface area contributed by atoms with Gasteiger partial charge >= 0.3 is 0 Å². The van der Waals surface area contributed by atoms with Gasteiger partial charge in [0.1, 0.15) is 12.6 Å². The van der Waals surface area contributed by atoms with Crippen LogP contribution in [0.3, 0.4) is 0 Å². The third-order valence-corrected chi connectivity index (χ3v) is 7.22. The van der Waals surface area contributed by atoms with Crippen molar-refractivity contribution in [2.24, 2.45) is 7.05 Å². The molecule has 132 valence electrons. The summed E-state index contributed by atoms with van der Waals surface area (Å²) in [5, 5.41) is 10.3. The highest BCUT2D eigenvalue weighted by Crippen LogP contribution is 2.43. The second-order valence-electron chi connectivity index (χ2n) is 7.80. The Labute approximate surface area is 165 Å². The van der Waals surface area contributed by atoms with E-state index in [4.69, 9.17) is 0 Å². The number of aryl methyl sites for hydroxylation is 2. The van der Waals surface area contributed by atoms with Crippen LogP contribution in [0.4, 0.5) is 0 Å². The number of hydrogen-bond donors (Lipinski definition) is 0. The number of nitrogens with zero attached hydrogens (tertiary/aromatic N) is 2. The molecule has 0 spiro atoms. The monoisotopic (exact) mass is 377 g/mol. The van der Waals surface area contributed by atoms with Gasteiger partial charge in [0.2, 0.25) is 5.52 Å². The summed E-state index contributed by atoms with van der Waals surface area (Å²) in [6, 6.07) is 20.3. The number of para-hydroxylation sites is 1. The molecule has 0 aliphatic rings. The molecule has 28 heavy (non-hydrogen) atoms. The minimum absolute atomic E-state index is 1.29. The van der Waals surface area contributed by atoms with E-state index in [1.165, 1.54) is 64.6 Å². The molecule has 7 aromatic rings. The molecular formula is C25H17N2S+. The van der Waals surface area contributed by atoms with Crippen LogP contribution < -0.4 is 4.57 Å². The lowest BCUT2D eigenvalue weighted by Gasteiger charge is -2.14. The van der Waals surface area contributed by atoms with Gasteiger partial charge < -0.3 is 4.40 Å². The summed E-state index contributed by atoms with van der Waals surface area (Å²) < 4.78 is 6.14. The van der Waals surface area contributed by atoms with E-state index >= 15 is 0 Å². The zero-order valence-corrected chi connectivity index (χ0v) is 16.5. The minimum atomic E-state index is 1.29. The average molecular weight is 377 g/mol. The molecular weight excluding hydrogens is 360 g/mol. The Morgan fingerprint density at radius 2 is 1.71 bits per heavy atom. The van der Waals surface area contributed by atoms with E-state index in [1.807, 2.05) is 11.3 Å². The molecule has 7 rings (SSSR count). The number of aromatic nitrogens is 2. The molecule has 0 unspecified atom stereocenters. The van der Waals surface area contributed by atoms with E-state index in [2.05, 4.69) is 89.1 Å². The SMILES string of the molecule is Cc1ccc2c3ccsc3cc3c2c1c1c2c(cc[n+]1C)c1ccccc1n32. The third kappa shape index (κ3) is 1.55. The van der Waals surface area contributed by atoms with E-state index in [0.717, 1.165) is 0 Å². The average Bonchev–Trinajstić information content (AvgIpc) is 3.31. The zero-order chi connectivity index (χ0) is 18.6. The molecule has 2 nitrogen and oxygen atoms in total. The summed E-state index contributed by atoms with van der Waals surface area (Å²) in [6.45, 7) is 2.24. The molecule has 0 saturated heterocycles. The standard InChI is InChI=1S/C25H17N2S/c1-14-7-8-17-16-10-12-28-21(16)13-20-23(17)22(14)25-24-18(9-11-26(25)2)15-5-3-4-6-19(15)27(20)24/h3-13H,1-2H3/q+1. The molecule has 0 fully saturated rings. The van der Waals surface area contributed by atoms with Crippen molar-refractivity contribution >= 4 is 70.4 Å². The van der Waals surface area contributed by atoms with E-state index in [0.29, 0.717) is 0 Å². The molecule has 0 bridgehead atoms. The van der Waals surface area contributed by atoms with Crippen molar-refractivity contribution in [2.45, 2.75) is 6.92 Å². The lowest BCUT2D eigenvalue weighted by molar-refractivity contribution is -0.644. The second kappa shape index (κ2) is 4.81. The van der Waals surface area contributed by atoms with Crippen LogP contribution in [0, 0.1) is 6.92 Å². The van der Waals surface area contributed by atoms with Crippen LogP contribution in [0.2, 0.25) is 0 Å². The second-order valence-corrected chi connectivity index (χ2v) is 8.75. The fourth-order valence-corrected chi connectivity index (χ4v) is 6.01. The quantitative estimate of drug-likeness (QED) is 0.166. The van der Waals surface area contributed by atoms with Gasteiger partial charge in [0.25, 0.3) is 0 Å². The van der Waals surface area contributed by atoms with Gasteiger partial charge in [-0.2, -0.15) is 4.57 Å². The minimum Gasteiger partial charge on any atom is -0.303 e. The highest BCUT2D eigenvalue weighted by molar-refractivity contribution is 7.17. The maximum atomic E-state index is 2.49. The first-order valence-corrected chi connectivity index (χ1v) is 10.5. The number of thiophene rings is 1. The summed E-state index contributed by atoms with van der Waals surface area (Å²) in [7, 11) is 2.17. The number of rotatable bonds is 0. The van der Waals surface area contributed by atoms with Crippen molar-refractivity contribution in [3.8, 4) is 0 Å². The topological polar surface area (TPSA) is 8.29 Å². The highest BCUT2D eigenvalue weighted by atomic mass is 32.1. The van der Waals surface area contributed by atoms with Crippen LogP contribution in [0.25, 0.3) is 59.1 Å². The Morgan fingerprint density at radius 3 is 2.64 bits per heavy atom. The first-order valence-electron chi connectivity index (χ1n) is 9.60.